The van der Waals surface area contributed by atoms with E-state index in [0.29, 0.717) is 12.6 Å². The maximum Gasteiger partial charge on any atom is 0.348 e. The molecule has 1 aromatic rings. The summed E-state index contributed by atoms with van der Waals surface area (Å²) in [6.07, 6.45) is 1.20. The minimum absolute atomic E-state index is 0.150. The monoisotopic (exact) mass is 273 g/mol. The van der Waals surface area contributed by atoms with Crippen LogP contribution in [0.3, 0.4) is 0 Å². The van der Waals surface area contributed by atoms with Crippen molar-refractivity contribution in [2.24, 2.45) is 0 Å². The summed E-state index contributed by atoms with van der Waals surface area (Å²) in [6.45, 7) is 5.44. The number of hydrogen-bond acceptors (Lipinski definition) is 6. The van der Waals surface area contributed by atoms with Gasteiger partial charge in [-0.05, 0) is 20.9 Å². The van der Waals surface area contributed by atoms with Gasteiger partial charge in [0.2, 0.25) is 11.0 Å². The number of aromatic nitrogens is 2. The molecule has 0 aromatic carbocycles. The Labute approximate surface area is 110 Å². The Hall–Kier alpha value is -1.47. The fourth-order valence-electron chi connectivity index (χ4n) is 1.26. The number of nitro groups is 1. The number of nitrogens with zero attached hydrogens (tertiary/aromatic N) is 4. The summed E-state index contributed by atoms with van der Waals surface area (Å²) in [7, 11) is 1.98. The molecular formula is C10H16ClN5O2. The van der Waals surface area contributed by atoms with E-state index in [9.17, 15) is 10.1 Å². The van der Waals surface area contributed by atoms with Gasteiger partial charge in [-0.15, -0.1) is 0 Å². The zero-order valence-electron chi connectivity index (χ0n) is 10.6. The zero-order valence-corrected chi connectivity index (χ0v) is 11.3. The van der Waals surface area contributed by atoms with Gasteiger partial charge in [0, 0.05) is 19.1 Å². The molecule has 0 aliphatic heterocycles. The van der Waals surface area contributed by atoms with Gasteiger partial charge in [-0.3, -0.25) is 10.1 Å². The van der Waals surface area contributed by atoms with Gasteiger partial charge in [0.25, 0.3) is 0 Å². The van der Waals surface area contributed by atoms with Crippen molar-refractivity contribution >= 4 is 23.1 Å². The molecule has 0 amide bonds. The van der Waals surface area contributed by atoms with Crippen LogP contribution >= 0.6 is 11.6 Å². The number of likely N-dealkylation sites (N-methyl/N-ethyl adjacent to an activating group) is 1. The summed E-state index contributed by atoms with van der Waals surface area (Å²) in [5.41, 5.74) is -0.286. The van der Waals surface area contributed by atoms with E-state index in [1.807, 2.05) is 7.05 Å². The Kier molecular flexibility index (Phi) is 5.24. The molecule has 1 aromatic heterocycles. The van der Waals surface area contributed by atoms with Gasteiger partial charge in [0.05, 0.1) is 4.92 Å². The first-order chi connectivity index (χ1) is 8.43. The Morgan fingerprint density at radius 2 is 2.22 bits per heavy atom. The van der Waals surface area contributed by atoms with Gasteiger partial charge in [0.15, 0.2) is 0 Å². The molecule has 0 aliphatic rings. The van der Waals surface area contributed by atoms with Crippen LogP contribution in [0, 0.1) is 10.1 Å². The standard InChI is InChI=1S/C10H16ClN5O2/c1-7(2)15(3)5-4-12-10-8(16(17)18)9(11)13-6-14-10/h6-7H,4-5H2,1-3H3,(H,12,13,14). The third kappa shape index (κ3) is 3.78. The maximum atomic E-state index is 10.8. The molecular weight excluding hydrogens is 258 g/mol. The second kappa shape index (κ2) is 6.46. The van der Waals surface area contributed by atoms with Crippen LogP contribution in [0.15, 0.2) is 6.33 Å². The number of hydrogen-bond donors (Lipinski definition) is 1. The zero-order chi connectivity index (χ0) is 13.7. The molecule has 1 heterocycles. The van der Waals surface area contributed by atoms with Crippen molar-refractivity contribution in [2.45, 2.75) is 19.9 Å². The first-order valence-electron chi connectivity index (χ1n) is 5.52. The topological polar surface area (TPSA) is 84.2 Å². The van der Waals surface area contributed by atoms with Gasteiger partial charge in [-0.2, -0.15) is 0 Å². The van der Waals surface area contributed by atoms with E-state index in [1.54, 1.807) is 0 Å². The number of anilines is 1. The minimum Gasteiger partial charge on any atom is -0.363 e. The van der Waals surface area contributed by atoms with Crippen LogP contribution in [0.25, 0.3) is 0 Å². The van der Waals surface area contributed by atoms with Gasteiger partial charge >= 0.3 is 5.69 Å². The van der Waals surface area contributed by atoms with Crippen LogP contribution in [0.5, 0.6) is 0 Å². The Balaban J connectivity index is 2.68. The summed E-state index contributed by atoms with van der Waals surface area (Å²) in [4.78, 5) is 19.8. The van der Waals surface area contributed by atoms with Gasteiger partial charge < -0.3 is 10.2 Å². The predicted octanol–water partition coefficient (Wildman–Crippen LogP) is 1.79. The Morgan fingerprint density at radius 3 is 2.78 bits per heavy atom. The van der Waals surface area contributed by atoms with E-state index < -0.39 is 4.92 Å². The van der Waals surface area contributed by atoms with Crippen LogP contribution in [0.2, 0.25) is 5.15 Å². The van der Waals surface area contributed by atoms with Crippen molar-refractivity contribution in [3.8, 4) is 0 Å². The molecule has 0 saturated carbocycles. The highest BCUT2D eigenvalue weighted by Gasteiger charge is 2.21. The fraction of sp³-hybridized carbons (Fsp3) is 0.600. The highest BCUT2D eigenvalue weighted by atomic mass is 35.5. The molecule has 18 heavy (non-hydrogen) atoms. The summed E-state index contributed by atoms with van der Waals surface area (Å²) >= 11 is 5.67. The smallest absolute Gasteiger partial charge is 0.348 e. The summed E-state index contributed by atoms with van der Waals surface area (Å²) < 4.78 is 0. The average molecular weight is 274 g/mol. The van der Waals surface area contributed by atoms with Crippen LogP contribution in [-0.4, -0.2) is 46.0 Å². The van der Waals surface area contributed by atoms with E-state index in [0.717, 1.165) is 6.54 Å². The first kappa shape index (κ1) is 14.6. The van der Waals surface area contributed by atoms with E-state index in [-0.39, 0.29) is 16.7 Å². The van der Waals surface area contributed by atoms with E-state index >= 15 is 0 Å². The molecule has 1 N–H and O–H groups in total. The lowest BCUT2D eigenvalue weighted by molar-refractivity contribution is -0.384. The maximum absolute atomic E-state index is 10.8. The molecule has 100 valence electrons. The third-order valence-electron chi connectivity index (χ3n) is 2.60. The SMILES string of the molecule is CC(C)N(C)CCNc1ncnc(Cl)c1[N+](=O)[O-]. The second-order valence-corrected chi connectivity index (χ2v) is 4.48. The molecule has 8 heteroatoms. The summed E-state index contributed by atoms with van der Waals surface area (Å²) in [6, 6.07) is 0.413. The van der Waals surface area contributed by atoms with Crippen LogP contribution in [-0.2, 0) is 0 Å². The molecule has 1 rings (SSSR count). The lowest BCUT2D eigenvalue weighted by atomic mass is 10.3. The van der Waals surface area contributed by atoms with Crippen molar-refractivity contribution in [1.82, 2.24) is 14.9 Å². The Morgan fingerprint density at radius 1 is 1.56 bits per heavy atom. The second-order valence-electron chi connectivity index (χ2n) is 4.12. The average Bonchev–Trinajstić information content (AvgIpc) is 2.28. The molecule has 0 saturated heterocycles. The molecule has 0 unspecified atom stereocenters. The predicted molar refractivity (Wildman–Crippen MR) is 70.0 cm³/mol. The van der Waals surface area contributed by atoms with Crippen molar-refractivity contribution in [3.05, 3.63) is 21.6 Å². The van der Waals surface area contributed by atoms with Crippen molar-refractivity contribution in [1.29, 1.82) is 0 Å². The largest absolute Gasteiger partial charge is 0.363 e. The molecule has 0 radical (unpaired) electrons. The first-order valence-corrected chi connectivity index (χ1v) is 5.90. The van der Waals surface area contributed by atoms with E-state index in [1.165, 1.54) is 6.33 Å². The summed E-state index contributed by atoms with van der Waals surface area (Å²) in [5.74, 6) is 0.150. The van der Waals surface area contributed by atoms with Gasteiger partial charge in [0.1, 0.15) is 6.33 Å². The van der Waals surface area contributed by atoms with Crippen LogP contribution in [0.1, 0.15) is 13.8 Å². The fourth-order valence-corrected chi connectivity index (χ4v) is 1.46. The molecule has 7 nitrogen and oxygen atoms in total. The normalized spacial score (nSPS) is 11.0. The molecule has 0 bridgehead atoms. The third-order valence-corrected chi connectivity index (χ3v) is 2.88. The van der Waals surface area contributed by atoms with E-state index in [4.69, 9.17) is 11.6 Å². The van der Waals surface area contributed by atoms with E-state index in [2.05, 4.69) is 34.0 Å². The minimum atomic E-state index is -0.586. The number of halogens is 1. The van der Waals surface area contributed by atoms with Crippen molar-refractivity contribution < 1.29 is 4.92 Å². The number of rotatable bonds is 6. The summed E-state index contributed by atoms with van der Waals surface area (Å²) in [5, 5.41) is 13.6. The molecule has 0 fully saturated rings. The highest BCUT2D eigenvalue weighted by molar-refractivity contribution is 6.31. The lowest BCUT2D eigenvalue weighted by Gasteiger charge is -2.20. The van der Waals surface area contributed by atoms with Crippen LogP contribution in [0.4, 0.5) is 11.5 Å². The molecule has 0 atom stereocenters. The molecule has 0 spiro atoms. The molecule has 0 aliphatic carbocycles. The lowest BCUT2D eigenvalue weighted by Crippen LogP contribution is -2.31. The number of nitrogens with one attached hydrogen (secondary N) is 1. The van der Waals surface area contributed by atoms with Gasteiger partial charge in [-0.1, -0.05) is 11.6 Å². The van der Waals surface area contributed by atoms with Crippen molar-refractivity contribution in [2.75, 3.05) is 25.5 Å². The van der Waals surface area contributed by atoms with Crippen molar-refractivity contribution in [3.63, 3.8) is 0 Å². The van der Waals surface area contributed by atoms with Gasteiger partial charge in [-0.25, -0.2) is 9.97 Å². The van der Waals surface area contributed by atoms with Crippen LogP contribution < -0.4 is 5.32 Å². The quantitative estimate of drug-likeness (QED) is 0.483. The highest BCUT2D eigenvalue weighted by Crippen LogP contribution is 2.27. The Bertz CT molecular complexity index is 427.